The lowest BCUT2D eigenvalue weighted by Crippen LogP contribution is -3.12. The van der Waals surface area contributed by atoms with Crippen LogP contribution in [0.2, 0.25) is 0 Å². The molecule has 0 radical (unpaired) electrons. The molecular formula is C10H14N3OS+. The summed E-state index contributed by atoms with van der Waals surface area (Å²) in [6.45, 7) is 5.00. The predicted octanol–water partition coefficient (Wildman–Crippen LogP) is -0.189. The molecule has 0 saturated carbocycles. The maximum absolute atomic E-state index is 5.34. The van der Waals surface area contributed by atoms with Crippen molar-refractivity contribution in [3.63, 3.8) is 0 Å². The second kappa shape index (κ2) is 3.92. The normalized spacial score (nSPS) is 18.7. The Morgan fingerprint density at radius 2 is 2.33 bits per heavy atom. The molecule has 1 N–H and O–H groups in total. The van der Waals surface area contributed by atoms with Crippen LogP contribution in [0, 0.1) is 0 Å². The first-order valence-electron chi connectivity index (χ1n) is 5.24. The van der Waals surface area contributed by atoms with Crippen LogP contribution in [-0.2, 0) is 11.3 Å². The Morgan fingerprint density at radius 3 is 3.13 bits per heavy atom. The molecule has 5 heteroatoms. The fourth-order valence-corrected chi connectivity index (χ4v) is 2.67. The second-order valence-corrected chi connectivity index (χ2v) is 4.74. The van der Waals surface area contributed by atoms with Gasteiger partial charge in [0.2, 0.25) is 0 Å². The number of hydrogen-bond donors (Lipinski definition) is 1. The SMILES string of the molecule is c1cn2cc(C[NH+]3CCOCC3)nc2s1. The maximum Gasteiger partial charge on any atom is 0.194 e. The number of imidazole rings is 1. The van der Waals surface area contributed by atoms with Crippen LogP contribution in [-0.4, -0.2) is 35.7 Å². The number of nitrogens with one attached hydrogen (secondary N) is 1. The number of quaternary nitrogens is 1. The summed E-state index contributed by atoms with van der Waals surface area (Å²) in [5.74, 6) is 0. The molecule has 80 valence electrons. The van der Waals surface area contributed by atoms with Gasteiger partial charge >= 0.3 is 0 Å². The van der Waals surface area contributed by atoms with Gasteiger partial charge in [0.1, 0.15) is 25.3 Å². The molecule has 2 aromatic rings. The van der Waals surface area contributed by atoms with Crippen LogP contribution in [0.5, 0.6) is 0 Å². The van der Waals surface area contributed by atoms with Gasteiger partial charge in [0.15, 0.2) is 4.96 Å². The quantitative estimate of drug-likeness (QED) is 0.766. The summed E-state index contributed by atoms with van der Waals surface area (Å²) < 4.78 is 7.43. The van der Waals surface area contributed by atoms with Crippen molar-refractivity contribution >= 4 is 16.3 Å². The predicted molar refractivity (Wildman–Crippen MR) is 58.3 cm³/mol. The van der Waals surface area contributed by atoms with Crippen molar-refractivity contribution in [3.8, 4) is 0 Å². The summed E-state index contributed by atoms with van der Waals surface area (Å²) in [5.41, 5.74) is 1.19. The smallest absolute Gasteiger partial charge is 0.194 e. The molecule has 2 aromatic heterocycles. The van der Waals surface area contributed by atoms with E-state index < -0.39 is 0 Å². The van der Waals surface area contributed by atoms with Crippen LogP contribution in [0.1, 0.15) is 5.69 Å². The lowest BCUT2D eigenvalue weighted by atomic mass is 10.3. The number of thiazole rings is 1. The second-order valence-electron chi connectivity index (χ2n) is 3.86. The van der Waals surface area contributed by atoms with Gasteiger partial charge in [0.25, 0.3) is 0 Å². The molecule has 3 rings (SSSR count). The molecule has 3 heterocycles. The van der Waals surface area contributed by atoms with Gasteiger partial charge < -0.3 is 9.64 Å². The van der Waals surface area contributed by atoms with Crippen molar-refractivity contribution < 1.29 is 9.64 Å². The molecule has 0 bridgehead atoms. The molecule has 1 aliphatic rings. The van der Waals surface area contributed by atoms with Gasteiger partial charge in [-0.3, -0.25) is 4.40 Å². The van der Waals surface area contributed by atoms with E-state index in [4.69, 9.17) is 4.74 Å². The third kappa shape index (κ3) is 1.90. The Bertz CT molecular complexity index is 416. The van der Waals surface area contributed by atoms with E-state index in [-0.39, 0.29) is 0 Å². The molecule has 0 unspecified atom stereocenters. The number of ether oxygens (including phenoxy) is 1. The summed E-state index contributed by atoms with van der Waals surface area (Å²) >= 11 is 1.69. The van der Waals surface area contributed by atoms with Crippen molar-refractivity contribution in [3.05, 3.63) is 23.5 Å². The van der Waals surface area contributed by atoms with Crippen molar-refractivity contribution in [2.45, 2.75) is 6.54 Å². The third-order valence-electron chi connectivity index (χ3n) is 2.77. The fraction of sp³-hybridized carbons (Fsp3) is 0.500. The van der Waals surface area contributed by atoms with Gasteiger partial charge in [-0.15, -0.1) is 11.3 Å². The van der Waals surface area contributed by atoms with Gasteiger partial charge in [0, 0.05) is 17.8 Å². The van der Waals surface area contributed by atoms with Gasteiger partial charge in [-0.1, -0.05) is 0 Å². The standard InChI is InChI=1S/C10H13N3OS/c1-4-14-5-2-12(1)7-9-8-13-3-6-15-10(13)11-9/h3,6,8H,1-2,4-5,7H2/p+1. The number of rotatable bonds is 2. The summed E-state index contributed by atoms with van der Waals surface area (Å²) in [6.07, 6.45) is 4.19. The van der Waals surface area contributed by atoms with E-state index in [1.807, 2.05) is 0 Å². The average Bonchev–Trinajstić information content (AvgIpc) is 2.79. The van der Waals surface area contributed by atoms with Crippen LogP contribution in [0.4, 0.5) is 0 Å². The Labute approximate surface area is 92.1 Å². The lowest BCUT2D eigenvalue weighted by molar-refractivity contribution is -0.921. The Hall–Kier alpha value is -0.910. The molecule has 1 fully saturated rings. The molecule has 0 aliphatic carbocycles. The van der Waals surface area contributed by atoms with Gasteiger partial charge in [-0.05, 0) is 0 Å². The molecule has 4 nitrogen and oxygen atoms in total. The molecule has 0 spiro atoms. The number of nitrogens with zero attached hydrogens (tertiary/aromatic N) is 2. The van der Waals surface area contributed by atoms with Crippen molar-refractivity contribution in [1.29, 1.82) is 0 Å². The van der Waals surface area contributed by atoms with E-state index in [0.29, 0.717) is 0 Å². The zero-order chi connectivity index (χ0) is 10.1. The number of hydrogen-bond acceptors (Lipinski definition) is 3. The van der Waals surface area contributed by atoms with E-state index in [2.05, 4.69) is 27.2 Å². The lowest BCUT2D eigenvalue weighted by Gasteiger charge is -2.22. The van der Waals surface area contributed by atoms with E-state index in [1.54, 1.807) is 16.2 Å². The first-order valence-corrected chi connectivity index (χ1v) is 6.12. The Kier molecular flexibility index (Phi) is 2.44. The van der Waals surface area contributed by atoms with Crippen LogP contribution >= 0.6 is 11.3 Å². The van der Waals surface area contributed by atoms with Crippen LogP contribution < -0.4 is 4.90 Å². The molecule has 0 atom stereocenters. The van der Waals surface area contributed by atoms with Gasteiger partial charge in [-0.25, -0.2) is 4.98 Å². The molecule has 1 aliphatic heterocycles. The monoisotopic (exact) mass is 224 g/mol. The number of morpholine rings is 1. The zero-order valence-electron chi connectivity index (χ0n) is 8.48. The molecule has 0 aromatic carbocycles. The Balaban J connectivity index is 1.74. The van der Waals surface area contributed by atoms with E-state index in [1.165, 1.54) is 5.69 Å². The average molecular weight is 224 g/mol. The van der Waals surface area contributed by atoms with Gasteiger partial charge in [0.05, 0.1) is 13.2 Å². The van der Waals surface area contributed by atoms with Crippen molar-refractivity contribution in [2.24, 2.45) is 0 Å². The van der Waals surface area contributed by atoms with E-state index in [9.17, 15) is 0 Å². The number of fused-ring (bicyclic) bond motifs is 1. The summed E-state index contributed by atoms with van der Waals surface area (Å²) in [5, 5.41) is 2.06. The van der Waals surface area contributed by atoms with Crippen LogP contribution in [0.3, 0.4) is 0 Å². The first kappa shape index (κ1) is 9.33. The summed E-state index contributed by atoms with van der Waals surface area (Å²) in [6, 6.07) is 0. The molecule has 0 amide bonds. The fourth-order valence-electron chi connectivity index (χ4n) is 1.95. The minimum atomic E-state index is 0.886. The maximum atomic E-state index is 5.34. The highest BCUT2D eigenvalue weighted by molar-refractivity contribution is 7.15. The van der Waals surface area contributed by atoms with Crippen LogP contribution in [0.25, 0.3) is 4.96 Å². The highest BCUT2D eigenvalue weighted by Crippen LogP contribution is 2.10. The minimum Gasteiger partial charge on any atom is -0.370 e. The Morgan fingerprint density at radius 1 is 1.47 bits per heavy atom. The summed E-state index contributed by atoms with van der Waals surface area (Å²) in [4.78, 5) is 7.26. The number of aromatic nitrogens is 2. The largest absolute Gasteiger partial charge is 0.370 e. The van der Waals surface area contributed by atoms with E-state index >= 15 is 0 Å². The van der Waals surface area contributed by atoms with Crippen molar-refractivity contribution in [1.82, 2.24) is 9.38 Å². The topological polar surface area (TPSA) is 31.0 Å². The third-order valence-corrected chi connectivity index (χ3v) is 3.54. The van der Waals surface area contributed by atoms with E-state index in [0.717, 1.165) is 37.8 Å². The summed E-state index contributed by atoms with van der Waals surface area (Å²) in [7, 11) is 0. The minimum absolute atomic E-state index is 0.886. The highest BCUT2D eigenvalue weighted by Gasteiger charge is 2.15. The molecule has 1 saturated heterocycles. The zero-order valence-corrected chi connectivity index (χ0v) is 9.30. The highest BCUT2D eigenvalue weighted by atomic mass is 32.1. The van der Waals surface area contributed by atoms with Crippen molar-refractivity contribution in [2.75, 3.05) is 26.3 Å². The molecular weight excluding hydrogens is 210 g/mol. The van der Waals surface area contributed by atoms with Crippen LogP contribution in [0.15, 0.2) is 17.8 Å². The molecule has 15 heavy (non-hydrogen) atoms. The van der Waals surface area contributed by atoms with Gasteiger partial charge in [-0.2, -0.15) is 0 Å². The first-order chi connectivity index (χ1) is 7.42.